The fourth-order valence-corrected chi connectivity index (χ4v) is 2.82. The zero-order valence-corrected chi connectivity index (χ0v) is 15.2. The van der Waals surface area contributed by atoms with Gasteiger partial charge in [-0.3, -0.25) is 4.79 Å². The van der Waals surface area contributed by atoms with Gasteiger partial charge < -0.3 is 20.6 Å². The van der Waals surface area contributed by atoms with E-state index in [9.17, 15) is 9.59 Å². The van der Waals surface area contributed by atoms with Gasteiger partial charge in [-0.25, -0.2) is 4.79 Å². The van der Waals surface area contributed by atoms with Crippen LogP contribution in [-0.4, -0.2) is 21.9 Å². The first-order valence-corrected chi connectivity index (χ1v) is 8.85. The third-order valence-electron chi connectivity index (χ3n) is 4.65. The highest BCUT2D eigenvalue weighted by molar-refractivity contribution is 5.97. The van der Waals surface area contributed by atoms with Gasteiger partial charge in [0.1, 0.15) is 6.04 Å². The van der Waals surface area contributed by atoms with Crippen molar-refractivity contribution in [3.63, 3.8) is 0 Å². The minimum Gasteiger partial charge on any atom is -0.374 e. The van der Waals surface area contributed by atoms with Crippen LogP contribution in [0, 0.1) is 0 Å². The maximum Gasteiger partial charge on any atom is 0.323 e. The molecule has 26 heavy (non-hydrogen) atoms. The van der Waals surface area contributed by atoms with E-state index in [-0.39, 0.29) is 11.6 Å². The molecule has 3 rings (SSSR count). The molecule has 0 saturated carbocycles. The lowest BCUT2D eigenvalue weighted by Crippen LogP contribution is -2.31. The first kappa shape index (κ1) is 17.8. The molecule has 1 heterocycles. The number of hydrogen-bond donors (Lipinski definition) is 4. The van der Waals surface area contributed by atoms with E-state index in [4.69, 9.17) is 0 Å². The van der Waals surface area contributed by atoms with E-state index in [0.717, 1.165) is 12.1 Å². The Balaban J connectivity index is 1.64. The molecule has 0 saturated heterocycles. The molecule has 136 valence electrons. The maximum atomic E-state index is 12.4. The second-order valence-corrected chi connectivity index (χ2v) is 6.63. The molecule has 0 aliphatic heterocycles. The molecule has 3 aromatic rings. The van der Waals surface area contributed by atoms with E-state index in [2.05, 4.69) is 46.6 Å². The van der Waals surface area contributed by atoms with Crippen LogP contribution in [0.3, 0.4) is 0 Å². The number of aromatic amines is 2. The van der Waals surface area contributed by atoms with Crippen molar-refractivity contribution in [3.8, 4) is 0 Å². The molecule has 2 unspecified atom stereocenters. The van der Waals surface area contributed by atoms with E-state index < -0.39 is 6.04 Å². The molecule has 0 fully saturated rings. The van der Waals surface area contributed by atoms with Crippen LogP contribution in [0.5, 0.6) is 0 Å². The lowest BCUT2D eigenvalue weighted by atomic mass is 9.98. The van der Waals surface area contributed by atoms with Crippen molar-refractivity contribution in [2.45, 2.75) is 39.2 Å². The maximum absolute atomic E-state index is 12.4. The summed E-state index contributed by atoms with van der Waals surface area (Å²) in [5, 5.41) is 6.08. The molecular weight excluding hydrogens is 328 g/mol. The number of fused-ring (bicyclic) bond motifs is 1. The summed E-state index contributed by atoms with van der Waals surface area (Å²) < 4.78 is 0. The molecular formula is C20H24N4O2. The lowest BCUT2D eigenvalue weighted by molar-refractivity contribution is -0.116. The Morgan fingerprint density at radius 3 is 2.35 bits per heavy atom. The number of anilines is 2. The van der Waals surface area contributed by atoms with E-state index in [1.807, 2.05) is 19.1 Å². The summed E-state index contributed by atoms with van der Waals surface area (Å²) in [6, 6.07) is 13.1. The molecule has 1 aromatic heterocycles. The van der Waals surface area contributed by atoms with Gasteiger partial charge in [0, 0.05) is 11.4 Å². The van der Waals surface area contributed by atoms with Crippen molar-refractivity contribution in [2.75, 3.05) is 10.6 Å². The van der Waals surface area contributed by atoms with Crippen LogP contribution in [0.15, 0.2) is 47.3 Å². The number of rotatable bonds is 6. The molecule has 0 aliphatic rings. The molecule has 2 aromatic carbocycles. The van der Waals surface area contributed by atoms with Crippen molar-refractivity contribution in [1.82, 2.24) is 9.97 Å². The van der Waals surface area contributed by atoms with Crippen LogP contribution in [0.25, 0.3) is 11.0 Å². The van der Waals surface area contributed by atoms with Gasteiger partial charge in [-0.05, 0) is 55.2 Å². The molecule has 0 bridgehead atoms. The van der Waals surface area contributed by atoms with E-state index in [0.29, 0.717) is 22.6 Å². The van der Waals surface area contributed by atoms with Gasteiger partial charge in [-0.15, -0.1) is 0 Å². The molecule has 2 atom stereocenters. The summed E-state index contributed by atoms with van der Waals surface area (Å²) in [7, 11) is 0. The van der Waals surface area contributed by atoms with Gasteiger partial charge in [0.2, 0.25) is 5.91 Å². The number of carbonyl (C=O) groups excluding carboxylic acids is 1. The molecule has 6 nitrogen and oxygen atoms in total. The van der Waals surface area contributed by atoms with Crippen LogP contribution in [-0.2, 0) is 4.79 Å². The Kier molecular flexibility index (Phi) is 5.11. The van der Waals surface area contributed by atoms with E-state index in [1.165, 1.54) is 5.56 Å². The quantitative estimate of drug-likeness (QED) is 0.544. The van der Waals surface area contributed by atoms with E-state index in [1.54, 1.807) is 18.2 Å². The van der Waals surface area contributed by atoms with Crippen LogP contribution in [0.1, 0.15) is 38.7 Å². The number of benzene rings is 2. The van der Waals surface area contributed by atoms with Crippen molar-refractivity contribution < 1.29 is 4.79 Å². The van der Waals surface area contributed by atoms with E-state index >= 15 is 0 Å². The van der Waals surface area contributed by atoms with Crippen LogP contribution < -0.4 is 16.3 Å². The summed E-state index contributed by atoms with van der Waals surface area (Å²) in [6.07, 6.45) is 1.10. The monoisotopic (exact) mass is 352 g/mol. The van der Waals surface area contributed by atoms with Gasteiger partial charge in [-0.2, -0.15) is 0 Å². The molecule has 0 spiro atoms. The average Bonchev–Trinajstić information content (AvgIpc) is 3.00. The van der Waals surface area contributed by atoms with Gasteiger partial charge in [0.15, 0.2) is 0 Å². The second kappa shape index (κ2) is 7.47. The van der Waals surface area contributed by atoms with Crippen LogP contribution in [0.4, 0.5) is 11.4 Å². The number of imidazole rings is 1. The van der Waals surface area contributed by atoms with Crippen LogP contribution in [0.2, 0.25) is 0 Å². The lowest BCUT2D eigenvalue weighted by Gasteiger charge is -2.16. The van der Waals surface area contributed by atoms with Gasteiger partial charge in [0.25, 0.3) is 0 Å². The van der Waals surface area contributed by atoms with Crippen molar-refractivity contribution >= 4 is 28.3 Å². The number of hydrogen-bond acceptors (Lipinski definition) is 3. The molecule has 4 N–H and O–H groups in total. The Morgan fingerprint density at radius 2 is 1.65 bits per heavy atom. The highest BCUT2D eigenvalue weighted by Crippen LogP contribution is 2.21. The largest absolute Gasteiger partial charge is 0.374 e. The van der Waals surface area contributed by atoms with Gasteiger partial charge in [0.05, 0.1) is 11.0 Å². The average molecular weight is 352 g/mol. The molecule has 6 heteroatoms. The van der Waals surface area contributed by atoms with Crippen LogP contribution >= 0.6 is 0 Å². The smallest absolute Gasteiger partial charge is 0.323 e. The highest BCUT2D eigenvalue weighted by Gasteiger charge is 2.13. The minimum absolute atomic E-state index is 0.145. The van der Waals surface area contributed by atoms with Crippen molar-refractivity contribution in [3.05, 3.63) is 58.5 Å². The standard InChI is InChI=1S/C20H24N4O2/c1-4-12(2)14-5-7-15(8-6-14)21-13(3)19(25)22-16-9-10-17-18(11-16)24-20(26)23-17/h5-13,21H,4H2,1-3H3,(H,22,25)(H2,23,24,26). The molecule has 1 amide bonds. The third kappa shape index (κ3) is 3.96. The van der Waals surface area contributed by atoms with Crippen molar-refractivity contribution in [2.24, 2.45) is 0 Å². The summed E-state index contributed by atoms with van der Waals surface area (Å²) in [6.45, 7) is 6.19. The van der Waals surface area contributed by atoms with Gasteiger partial charge in [-0.1, -0.05) is 26.0 Å². The normalized spacial score (nSPS) is 13.3. The predicted molar refractivity (Wildman–Crippen MR) is 106 cm³/mol. The fraction of sp³-hybridized carbons (Fsp3) is 0.300. The Labute approximate surface area is 152 Å². The third-order valence-corrected chi connectivity index (χ3v) is 4.65. The summed E-state index contributed by atoms with van der Waals surface area (Å²) >= 11 is 0. The zero-order chi connectivity index (χ0) is 18.7. The Morgan fingerprint density at radius 1 is 1.00 bits per heavy atom. The minimum atomic E-state index is -0.398. The summed E-state index contributed by atoms with van der Waals surface area (Å²) in [4.78, 5) is 29.1. The predicted octanol–water partition coefficient (Wildman–Crippen LogP) is 3.81. The summed E-state index contributed by atoms with van der Waals surface area (Å²) in [5.74, 6) is 0.382. The topological polar surface area (TPSA) is 89.8 Å². The number of H-pyrrole nitrogens is 2. The number of carbonyl (C=O) groups is 1. The number of amides is 1. The zero-order valence-electron chi connectivity index (χ0n) is 15.2. The van der Waals surface area contributed by atoms with Gasteiger partial charge >= 0.3 is 5.69 Å². The Hall–Kier alpha value is -3.02. The number of aromatic nitrogens is 2. The Bertz CT molecular complexity index is 956. The number of nitrogens with one attached hydrogen (secondary N) is 4. The fourth-order valence-electron chi connectivity index (χ4n) is 2.82. The van der Waals surface area contributed by atoms with Crippen molar-refractivity contribution in [1.29, 1.82) is 0 Å². The first-order valence-electron chi connectivity index (χ1n) is 8.85. The molecule has 0 aliphatic carbocycles. The SMILES string of the molecule is CCC(C)c1ccc(NC(C)C(=O)Nc2ccc3[nH]c(=O)[nH]c3c2)cc1. The highest BCUT2D eigenvalue weighted by atomic mass is 16.2. The first-order chi connectivity index (χ1) is 12.5. The second-order valence-electron chi connectivity index (χ2n) is 6.63. The summed E-state index contributed by atoms with van der Waals surface area (Å²) in [5.41, 5.74) is 3.95. The molecule has 0 radical (unpaired) electrons.